The minimum Gasteiger partial charge on any atom is -0.448 e. The van der Waals surface area contributed by atoms with Crippen molar-refractivity contribution >= 4 is 21.3 Å². The number of hydrogen-bond donors (Lipinski definition) is 2. The van der Waals surface area contributed by atoms with Crippen LogP contribution >= 0.6 is 15.2 Å². The third-order valence-electron chi connectivity index (χ3n) is 2.43. The summed E-state index contributed by atoms with van der Waals surface area (Å²) in [6.45, 7) is 6.39. The van der Waals surface area contributed by atoms with E-state index < -0.39 is 26.8 Å². The van der Waals surface area contributed by atoms with Gasteiger partial charge >= 0.3 is 21.3 Å². The molecule has 3 N–H and O–H groups in total. The number of carbonyl (C=O) groups is 1. The fourth-order valence-electron chi connectivity index (χ4n) is 1.71. The second kappa shape index (κ2) is 12.0. The van der Waals surface area contributed by atoms with Gasteiger partial charge in [-0.3, -0.25) is 14.4 Å². The zero-order chi connectivity index (χ0) is 18.6. The highest BCUT2D eigenvalue weighted by molar-refractivity contribution is 7.72. The molecule has 0 atom stereocenters. The van der Waals surface area contributed by atoms with Crippen molar-refractivity contribution in [2.24, 2.45) is 5.73 Å². The maximum atomic E-state index is 13.0. The van der Waals surface area contributed by atoms with E-state index in [2.05, 4.69) is 5.32 Å². The Morgan fingerprint density at radius 3 is 1.58 bits per heavy atom. The molecule has 0 spiro atoms. The monoisotopic (exact) mass is 390 g/mol. The van der Waals surface area contributed by atoms with E-state index in [4.69, 9.17) is 28.6 Å². The Morgan fingerprint density at radius 1 is 0.917 bits per heavy atom. The number of rotatable bonds is 13. The van der Waals surface area contributed by atoms with Crippen molar-refractivity contribution in [2.45, 2.75) is 33.2 Å². The van der Waals surface area contributed by atoms with Crippen LogP contribution < -0.4 is 11.1 Å². The topological polar surface area (TPSA) is 135 Å². The molecule has 24 heavy (non-hydrogen) atoms. The van der Waals surface area contributed by atoms with Crippen LogP contribution in [-0.2, 0) is 32.0 Å². The molecule has 0 saturated carbocycles. The fourth-order valence-corrected chi connectivity index (χ4v) is 6.57. The first-order chi connectivity index (χ1) is 11.3. The number of hydrogen-bond acceptors (Lipinski definition) is 9. The summed E-state index contributed by atoms with van der Waals surface area (Å²) in [5, 5.41) is 2.23. The van der Waals surface area contributed by atoms with E-state index >= 15 is 0 Å². The first-order valence-corrected chi connectivity index (χ1v) is 11.0. The van der Waals surface area contributed by atoms with Gasteiger partial charge in [0.1, 0.15) is 6.61 Å². The summed E-state index contributed by atoms with van der Waals surface area (Å²) in [4.78, 5) is 11.9. The molecule has 0 aliphatic carbocycles. The number of carbonyl (C=O) groups excluding carboxylic acids is 1. The third kappa shape index (κ3) is 7.19. The van der Waals surface area contributed by atoms with E-state index in [1.807, 2.05) is 0 Å². The zero-order valence-electron chi connectivity index (χ0n) is 14.6. The number of nitrogens with one attached hydrogen (secondary N) is 1. The first-order valence-electron chi connectivity index (χ1n) is 7.74. The predicted molar refractivity (Wildman–Crippen MR) is 89.0 cm³/mol. The summed E-state index contributed by atoms with van der Waals surface area (Å²) in [6.07, 6.45) is -0.982. The molecule has 0 aromatic rings. The van der Waals surface area contributed by atoms with Gasteiger partial charge in [0.15, 0.2) is 0 Å². The van der Waals surface area contributed by atoms with Crippen LogP contribution in [0.25, 0.3) is 0 Å². The summed E-state index contributed by atoms with van der Waals surface area (Å²) in [7, 11) is -8.11. The second-order valence-corrected chi connectivity index (χ2v) is 8.83. The minimum absolute atomic E-state index is 0.00551. The van der Waals surface area contributed by atoms with Crippen LogP contribution in [0.1, 0.15) is 27.7 Å². The smallest absolute Gasteiger partial charge is 0.408 e. The molecule has 0 heterocycles. The van der Waals surface area contributed by atoms with Gasteiger partial charge < -0.3 is 28.6 Å². The van der Waals surface area contributed by atoms with Crippen LogP contribution in [0.4, 0.5) is 4.79 Å². The first kappa shape index (κ1) is 23.5. The van der Waals surface area contributed by atoms with E-state index in [1.165, 1.54) is 0 Å². The Morgan fingerprint density at radius 2 is 1.29 bits per heavy atom. The van der Waals surface area contributed by atoms with Crippen molar-refractivity contribution in [3.8, 4) is 0 Å². The third-order valence-corrected chi connectivity index (χ3v) is 8.06. The Hall–Kier alpha value is -0.470. The normalized spacial score (nSPS) is 12.4. The molecule has 0 aromatic heterocycles. The molecule has 0 rings (SSSR count). The molecule has 10 nitrogen and oxygen atoms in total. The van der Waals surface area contributed by atoms with Gasteiger partial charge in [-0.2, -0.15) is 0 Å². The molecule has 0 aromatic carbocycles. The lowest BCUT2D eigenvalue weighted by molar-refractivity contribution is 0.142. The van der Waals surface area contributed by atoms with Crippen molar-refractivity contribution in [2.75, 3.05) is 39.6 Å². The lowest BCUT2D eigenvalue weighted by Gasteiger charge is -2.31. The molecule has 0 radical (unpaired) electrons. The summed E-state index contributed by atoms with van der Waals surface area (Å²) >= 11 is 0. The van der Waals surface area contributed by atoms with Gasteiger partial charge in [0.25, 0.3) is 0 Å². The van der Waals surface area contributed by atoms with E-state index in [0.29, 0.717) is 0 Å². The lowest BCUT2D eigenvalue weighted by Crippen LogP contribution is -2.38. The number of ether oxygens (including phenoxy) is 1. The van der Waals surface area contributed by atoms with Crippen LogP contribution in [0.5, 0.6) is 0 Å². The summed E-state index contributed by atoms with van der Waals surface area (Å²) < 4.78 is 51.6. The highest BCUT2D eigenvalue weighted by atomic mass is 31.2. The van der Waals surface area contributed by atoms with Crippen molar-refractivity contribution in [3.05, 3.63) is 0 Å². The Kier molecular flexibility index (Phi) is 11.7. The molecule has 0 fully saturated rings. The molecule has 0 aliphatic heterocycles. The van der Waals surface area contributed by atoms with E-state index in [-0.39, 0.29) is 39.6 Å². The van der Waals surface area contributed by atoms with E-state index in [0.717, 1.165) is 0 Å². The summed E-state index contributed by atoms with van der Waals surface area (Å²) in [5.41, 5.74) is 3.60. The average Bonchev–Trinajstić information content (AvgIpc) is 2.51. The standard InChI is InChI=1S/C12H28N2O8P2/c1-5-19-23(16,20-6-2)12(14-11(15)18-10-9-13)24(17,21-7-3)22-8-4/h12H,5-10,13H2,1-4H3,(H,14,15). The summed E-state index contributed by atoms with van der Waals surface area (Å²) in [6, 6.07) is 0. The van der Waals surface area contributed by atoms with Gasteiger partial charge in [-0.05, 0) is 27.7 Å². The minimum atomic E-state index is -4.05. The average molecular weight is 390 g/mol. The molecular weight excluding hydrogens is 362 g/mol. The maximum absolute atomic E-state index is 13.0. The van der Waals surface area contributed by atoms with Crippen LogP contribution in [0.15, 0.2) is 0 Å². The van der Waals surface area contributed by atoms with Gasteiger partial charge in [0.05, 0.1) is 26.4 Å². The van der Waals surface area contributed by atoms with Gasteiger partial charge in [0.2, 0.25) is 5.52 Å². The maximum Gasteiger partial charge on any atom is 0.408 e. The number of nitrogens with two attached hydrogens (primary N) is 1. The highest BCUT2D eigenvalue weighted by Crippen LogP contribution is 2.69. The van der Waals surface area contributed by atoms with Crippen LogP contribution in [0.3, 0.4) is 0 Å². The van der Waals surface area contributed by atoms with Gasteiger partial charge in [-0.25, -0.2) is 4.79 Å². The number of amides is 1. The second-order valence-electron chi connectivity index (χ2n) is 4.19. The van der Waals surface area contributed by atoms with Crippen LogP contribution in [0.2, 0.25) is 0 Å². The number of alkyl carbamates (subject to hydrolysis) is 1. The molecule has 1 amide bonds. The predicted octanol–water partition coefficient (Wildman–Crippen LogP) is 2.49. The Bertz CT molecular complexity index is 412. The Labute approximate surface area is 142 Å². The van der Waals surface area contributed by atoms with Gasteiger partial charge in [-0.15, -0.1) is 0 Å². The van der Waals surface area contributed by atoms with Gasteiger partial charge in [0, 0.05) is 6.54 Å². The largest absolute Gasteiger partial charge is 0.448 e. The molecular formula is C12H28N2O8P2. The molecule has 0 aliphatic rings. The van der Waals surface area contributed by atoms with Gasteiger partial charge in [-0.1, -0.05) is 0 Å². The van der Waals surface area contributed by atoms with E-state index in [9.17, 15) is 13.9 Å². The van der Waals surface area contributed by atoms with Crippen molar-refractivity contribution < 1.29 is 36.8 Å². The molecule has 0 unspecified atom stereocenters. The van der Waals surface area contributed by atoms with Crippen LogP contribution in [-0.4, -0.2) is 51.2 Å². The molecule has 12 heteroatoms. The Balaban J connectivity index is 5.73. The highest BCUT2D eigenvalue weighted by Gasteiger charge is 2.52. The zero-order valence-corrected chi connectivity index (χ0v) is 16.3. The quantitative estimate of drug-likeness (QED) is 0.455. The fraction of sp³-hybridized carbons (Fsp3) is 0.917. The molecule has 0 saturated heterocycles. The van der Waals surface area contributed by atoms with Crippen molar-refractivity contribution in [1.82, 2.24) is 5.32 Å². The van der Waals surface area contributed by atoms with E-state index in [1.54, 1.807) is 27.7 Å². The molecule has 0 bridgehead atoms. The SMILES string of the molecule is CCOP(=O)(OCC)C(NC(=O)OCCN)P(=O)(OCC)OCC. The van der Waals surface area contributed by atoms with Crippen molar-refractivity contribution in [3.63, 3.8) is 0 Å². The lowest BCUT2D eigenvalue weighted by atomic mass is 10.7. The molecule has 144 valence electrons. The summed E-state index contributed by atoms with van der Waals surface area (Å²) in [5.74, 6) is 0. The van der Waals surface area contributed by atoms with Crippen LogP contribution in [0, 0.1) is 0 Å². The van der Waals surface area contributed by atoms with Crippen molar-refractivity contribution in [1.29, 1.82) is 0 Å².